The molecule has 0 atom stereocenters. The van der Waals surface area contributed by atoms with Crippen LogP contribution in [0.25, 0.3) is 10.4 Å². The summed E-state index contributed by atoms with van der Waals surface area (Å²) < 4.78 is 0. The number of nitrogen functional groups attached to an aromatic ring is 1. The summed E-state index contributed by atoms with van der Waals surface area (Å²) in [6.45, 7) is 0.699. The standard InChI is InChI=1S/C9H11N3S2/c10-2-1-7-3-6(5-13-7)8-4-12-9(11)14-8/h3-5H,1-2,10H2,(H2,11,12). The van der Waals surface area contributed by atoms with Crippen molar-refractivity contribution in [1.82, 2.24) is 4.98 Å². The van der Waals surface area contributed by atoms with Crippen LogP contribution in [-0.4, -0.2) is 11.5 Å². The highest BCUT2D eigenvalue weighted by Gasteiger charge is 2.04. The quantitative estimate of drug-likeness (QED) is 0.839. The molecule has 0 bridgehead atoms. The lowest BCUT2D eigenvalue weighted by Gasteiger charge is -1.89. The van der Waals surface area contributed by atoms with Crippen molar-refractivity contribution >= 4 is 27.8 Å². The van der Waals surface area contributed by atoms with E-state index in [9.17, 15) is 0 Å². The number of aromatic nitrogens is 1. The smallest absolute Gasteiger partial charge is 0.180 e. The molecule has 0 unspecified atom stereocenters. The van der Waals surface area contributed by atoms with Crippen LogP contribution in [-0.2, 0) is 6.42 Å². The van der Waals surface area contributed by atoms with Gasteiger partial charge in [0.25, 0.3) is 0 Å². The van der Waals surface area contributed by atoms with Crippen LogP contribution in [0, 0.1) is 0 Å². The molecule has 0 spiro atoms. The fraction of sp³-hybridized carbons (Fsp3) is 0.222. The van der Waals surface area contributed by atoms with Crippen molar-refractivity contribution in [2.24, 2.45) is 5.73 Å². The second-order valence-corrected chi connectivity index (χ2v) is 4.96. The summed E-state index contributed by atoms with van der Waals surface area (Å²) in [4.78, 5) is 6.47. The van der Waals surface area contributed by atoms with E-state index in [1.54, 1.807) is 11.3 Å². The first kappa shape index (κ1) is 9.64. The molecule has 74 valence electrons. The van der Waals surface area contributed by atoms with E-state index in [0.717, 1.165) is 11.3 Å². The maximum Gasteiger partial charge on any atom is 0.180 e. The average Bonchev–Trinajstić information content (AvgIpc) is 2.74. The van der Waals surface area contributed by atoms with Crippen molar-refractivity contribution in [2.45, 2.75) is 6.42 Å². The number of thiazole rings is 1. The number of nitrogens with zero attached hydrogens (tertiary/aromatic N) is 1. The van der Waals surface area contributed by atoms with Crippen molar-refractivity contribution in [3.63, 3.8) is 0 Å². The predicted molar refractivity (Wildman–Crippen MR) is 62.6 cm³/mol. The summed E-state index contributed by atoms with van der Waals surface area (Å²) in [7, 11) is 0. The van der Waals surface area contributed by atoms with Crippen LogP contribution in [0.1, 0.15) is 4.88 Å². The highest BCUT2D eigenvalue weighted by Crippen LogP contribution is 2.30. The van der Waals surface area contributed by atoms with Crippen molar-refractivity contribution in [3.8, 4) is 10.4 Å². The van der Waals surface area contributed by atoms with Gasteiger partial charge in [0.15, 0.2) is 5.13 Å². The lowest BCUT2D eigenvalue weighted by atomic mass is 10.2. The first-order valence-electron chi connectivity index (χ1n) is 4.29. The fourth-order valence-electron chi connectivity index (χ4n) is 1.20. The molecule has 0 aromatic carbocycles. The number of hydrogen-bond acceptors (Lipinski definition) is 5. The van der Waals surface area contributed by atoms with Crippen molar-refractivity contribution in [3.05, 3.63) is 22.5 Å². The van der Waals surface area contributed by atoms with Crippen molar-refractivity contribution < 1.29 is 0 Å². The minimum Gasteiger partial charge on any atom is -0.375 e. The normalized spacial score (nSPS) is 10.6. The molecule has 0 radical (unpaired) electrons. The topological polar surface area (TPSA) is 64.9 Å². The van der Waals surface area contributed by atoms with Crippen molar-refractivity contribution in [1.29, 1.82) is 0 Å². The summed E-state index contributed by atoms with van der Waals surface area (Å²) in [6.07, 6.45) is 2.76. The molecule has 0 aliphatic rings. The minimum atomic E-state index is 0.617. The predicted octanol–water partition coefficient (Wildman–Crippen LogP) is 1.95. The Morgan fingerprint density at radius 3 is 2.93 bits per heavy atom. The van der Waals surface area contributed by atoms with Crippen molar-refractivity contribution in [2.75, 3.05) is 12.3 Å². The highest BCUT2D eigenvalue weighted by atomic mass is 32.1. The molecule has 4 N–H and O–H groups in total. The zero-order valence-corrected chi connectivity index (χ0v) is 9.20. The van der Waals surface area contributed by atoms with Crippen LogP contribution < -0.4 is 11.5 Å². The van der Waals surface area contributed by atoms with Gasteiger partial charge >= 0.3 is 0 Å². The molecule has 2 aromatic heterocycles. The maximum atomic E-state index is 5.57. The maximum absolute atomic E-state index is 5.57. The largest absolute Gasteiger partial charge is 0.375 e. The van der Waals surface area contributed by atoms with Crippen LogP contribution in [0.5, 0.6) is 0 Å². The van der Waals surface area contributed by atoms with Crippen LogP contribution in [0.2, 0.25) is 0 Å². The summed E-state index contributed by atoms with van der Waals surface area (Å²) in [6, 6.07) is 2.16. The van der Waals surface area contributed by atoms with E-state index in [1.807, 2.05) is 6.20 Å². The van der Waals surface area contributed by atoms with E-state index in [2.05, 4.69) is 16.4 Å². The van der Waals surface area contributed by atoms with Gasteiger partial charge in [-0.3, -0.25) is 0 Å². The molecular formula is C9H11N3S2. The Kier molecular flexibility index (Phi) is 2.81. The minimum absolute atomic E-state index is 0.617. The van der Waals surface area contributed by atoms with Gasteiger partial charge in [-0.05, 0) is 24.4 Å². The number of anilines is 1. The third kappa shape index (κ3) is 1.95. The first-order valence-corrected chi connectivity index (χ1v) is 5.98. The third-order valence-electron chi connectivity index (χ3n) is 1.85. The van der Waals surface area contributed by atoms with Gasteiger partial charge < -0.3 is 11.5 Å². The number of nitrogens with two attached hydrogens (primary N) is 2. The summed E-state index contributed by atoms with van der Waals surface area (Å²) in [5.74, 6) is 0. The Hall–Kier alpha value is -0.910. The summed E-state index contributed by atoms with van der Waals surface area (Å²) in [5.41, 5.74) is 12.3. The monoisotopic (exact) mass is 225 g/mol. The van der Waals surface area contributed by atoms with Crippen LogP contribution in [0.15, 0.2) is 17.6 Å². The van der Waals surface area contributed by atoms with Crippen LogP contribution >= 0.6 is 22.7 Å². The van der Waals surface area contributed by atoms with E-state index >= 15 is 0 Å². The molecule has 2 aromatic rings. The second-order valence-electron chi connectivity index (χ2n) is 2.90. The van der Waals surface area contributed by atoms with E-state index in [4.69, 9.17) is 11.5 Å². The van der Waals surface area contributed by atoms with Gasteiger partial charge in [-0.1, -0.05) is 11.3 Å². The summed E-state index contributed by atoms with van der Waals surface area (Å²) >= 11 is 3.25. The molecular weight excluding hydrogens is 214 g/mol. The average molecular weight is 225 g/mol. The molecule has 0 amide bonds. The zero-order chi connectivity index (χ0) is 9.97. The lowest BCUT2D eigenvalue weighted by molar-refractivity contribution is 0.989. The van der Waals surface area contributed by atoms with Crippen LogP contribution in [0.4, 0.5) is 5.13 Å². The Labute approximate surface area is 90.4 Å². The molecule has 0 aliphatic heterocycles. The molecule has 2 heterocycles. The van der Waals surface area contributed by atoms with Gasteiger partial charge in [-0.15, -0.1) is 11.3 Å². The Balaban J connectivity index is 2.24. The number of thiophene rings is 1. The molecule has 0 aliphatic carbocycles. The molecule has 14 heavy (non-hydrogen) atoms. The Bertz CT molecular complexity index is 419. The molecule has 2 rings (SSSR count). The van der Waals surface area contributed by atoms with E-state index in [-0.39, 0.29) is 0 Å². The highest BCUT2D eigenvalue weighted by molar-refractivity contribution is 7.19. The third-order valence-corrected chi connectivity index (χ3v) is 3.72. The number of rotatable bonds is 3. The molecule has 0 fully saturated rings. The molecule has 3 nitrogen and oxygen atoms in total. The van der Waals surface area contributed by atoms with Gasteiger partial charge in [-0.2, -0.15) is 0 Å². The first-order chi connectivity index (χ1) is 6.79. The van der Waals surface area contributed by atoms with Gasteiger partial charge in [0.05, 0.1) is 4.88 Å². The van der Waals surface area contributed by atoms with E-state index < -0.39 is 0 Å². The second kappa shape index (κ2) is 4.08. The van der Waals surface area contributed by atoms with Crippen LogP contribution in [0.3, 0.4) is 0 Å². The Morgan fingerprint density at radius 1 is 1.43 bits per heavy atom. The van der Waals surface area contributed by atoms with Gasteiger partial charge in [0, 0.05) is 16.6 Å². The van der Waals surface area contributed by atoms with Gasteiger partial charge in [-0.25, -0.2) is 4.98 Å². The van der Waals surface area contributed by atoms with Gasteiger partial charge in [0.2, 0.25) is 0 Å². The molecule has 0 saturated carbocycles. The molecule has 5 heteroatoms. The SMILES string of the molecule is NCCc1cc(-c2cnc(N)s2)cs1. The fourth-order valence-corrected chi connectivity index (χ4v) is 2.85. The zero-order valence-electron chi connectivity index (χ0n) is 7.56. The Morgan fingerprint density at radius 2 is 2.29 bits per heavy atom. The van der Waals surface area contributed by atoms with Gasteiger partial charge in [0.1, 0.15) is 0 Å². The van der Waals surface area contributed by atoms with E-state index in [0.29, 0.717) is 11.7 Å². The van der Waals surface area contributed by atoms with E-state index in [1.165, 1.54) is 21.8 Å². The summed E-state index contributed by atoms with van der Waals surface area (Å²) in [5, 5.41) is 2.74. The lowest BCUT2D eigenvalue weighted by Crippen LogP contribution is -2.00. The molecule has 0 saturated heterocycles. The number of hydrogen-bond donors (Lipinski definition) is 2.